The molecule has 1 N–H and O–H groups in total. The third kappa shape index (κ3) is 3.28. The fraction of sp³-hybridized carbons (Fsp3) is 0.154. The third-order valence-corrected chi connectivity index (χ3v) is 5.94. The molecule has 4 aromatic rings. The number of para-hydroxylation sites is 2. The molecule has 0 saturated carbocycles. The van der Waals surface area contributed by atoms with E-state index in [-0.39, 0.29) is 12.0 Å². The van der Waals surface area contributed by atoms with E-state index in [1.807, 2.05) is 42.5 Å². The molecule has 1 unspecified atom stereocenters. The van der Waals surface area contributed by atoms with Crippen molar-refractivity contribution in [3.05, 3.63) is 101 Å². The van der Waals surface area contributed by atoms with E-state index in [0.717, 1.165) is 33.8 Å². The molecule has 1 atom stereocenters. The first-order valence-electron chi connectivity index (χ1n) is 10.3. The minimum absolute atomic E-state index is 0.0630. The summed E-state index contributed by atoms with van der Waals surface area (Å²) >= 11 is 0. The van der Waals surface area contributed by atoms with Gasteiger partial charge in [-0.05, 0) is 72.5 Å². The molecule has 5 nitrogen and oxygen atoms in total. The van der Waals surface area contributed by atoms with Gasteiger partial charge in [0.05, 0.1) is 29.7 Å². The van der Waals surface area contributed by atoms with Crippen LogP contribution < -0.4 is 5.32 Å². The number of hydrogen-bond donors (Lipinski definition) is 1. The van der Waals surface area contributed by atoms with Crippen molar-refractivity contribution in [1.29, 1.82) is 0 Å². The number of esters is 1. The van der Waals surface area contributed by atoms with Crippen LogP contribution in [0.15, 0.2) is 72.8 Å². The second kappa shape index (κ2) is 7.43. The van der Waals surface area contributed by atoms with Gasteiger partial charge in [-0.3, -0.25) is 4.57 Å². The van der Waals surface area contributed by atoms with E-state index in [1.165, 1.54) is 18.2 Å². The van der Waals surface area contributed by atoms with Crippen LogP contribution in [0.2, 0.25) is 0 Å². The molecular formula is C26H23N3O2. The lowest BCUT2D eigenvalue weighted by Crippen LogP contribution is -2.19. The van der Waals surface area contributed by atoms with Crippen molar-refractivity contribution in [1.82, 2.24) is 9.55 Å². The number of anilines is 1. The van der Waals surface area contributed by atoms with E-state index in [2.05, 4.69) is 54.1 Å². The van der Waals surface area contributed by atoms with E-state index in [1.54, 1.807) is 0 Å². The van der Waals surface area contributed by atoms with Crippen LogP contribution in [0.1, 0.15) is 38.7 Å². The fourth-order valence-electron chi connectivity index (χ4n) is 4.07. The number of fused-ring (bicyclic) bond motifs is 3. The Morgan fingerprint density at radius 1 is 1.00 bits per heavy atom. The average molecular weight is 409 g/mol. The molecule has 2 heterocycles. The molecule has 0 aliphatic carbocycles. The third-order valence-electron chi connectivity index (χ3n) is 5.94. The average Bonchev–Trinajstić information content (AvgIpc) is 3.18. The molecule has 5 heteroatoms. The van der Waals surface area contributed by atoms with Gasteiger partial charge in [0.25, 0.3) is 0 Å². The molecule has 0 spiro atoms. The lowest BCUT2D eigenvalue weighted by molar-refractivity contribution is 0.0600. The lowest BCUT2D eigenvalue weighted by Gasteiger charge is -2.27. The van der Waals surface area contributed by atoms with Crippen LogP contribution in [0.25, 0.3) is 16.7 Å². The minimum atomic E-state index is -0.336. The number of rotatable bonds is 3. The number of ether oxygens (including phenoxy) is 1. The summed E-state index contributed by atoms with van der Waals surface area (Å²) in [5, 5.41) is 3.53. The van der Waals surface area contributed by atoms with Crippen LogP contribution in [0.3, 0.4) is 0 Å². The molecule has 0 bridgehead atoms. The summed E-state index contributed by atoms with van der Waals surface area (Å²) in [4.78, 5) is 16.7. The summed E-state index contributed by atoms with van der Waals surface area (Å²) in [5.41, 5.74) is 8.26. The molecule has 1 aromatic heterocycles. The first-order chi connectivity index (χ1) is 15.0. The summed E-state index contributed by atoms with van der Waals surface area (Å²) in [7, 11) is 1.39. The largest absolute Gasteiger partial charge is 0.465 e. The Hall–Kier alpha value is -3.86. The number of nitrogens with zero attached hydrogens (tertiary/aromatic N) is 2. The summed E-state index contributed by atoms with van der Waals surface area (Å²) < 4.78 is 7.04. The molecule has 5 rings (SSSR count). The van der Waals surface area contributed by atoms with Crippen molar-refractivity contribution < 1.29 is 9.53 Å². The predicted molar refractivity (Wildman–Crippen MR) is 123 cm³/mol. The summed E-state index contributed by atoms with van der Waals surface area (Å²) in [5.74, 6) is 0.468. The number of carbonyl (C=O) groups is 1. The summed E-state index contributed by atoms with van der Waals surface area (Å²) in [6.45, 7) is 4.24. The Kier molecular flexibility index (Phi) is 4.59. The highest BCUT2D eigenvalue weighted by atomic mass is 16.5. The van der Waals surface area contributed by atoms with Crippen LogP contribution in [-0.2, 0) is 4.74 Å². The highest BCUT2D eigenvalue weighted by Crippen LogP contribution is 2.37. The number of aromatic nitrogens is 2. The first kappa shape index (κ1) is 19.1. The quantitative estimate of drug-likeness (QED) is 0.454. The monoisotopic (exact) mass is 409 g/mol. The van der Waals surface area contributed by atoms with Crippen LogP contribution in [0.4, 0.5) is 5.95 Å². The van der Waals surface area contributed by atoms with Gasteiger partial charge in [0.2, 0.25) is 5.95 Å². The molecule has 3 aromatic carbocycles. The van der Waals surface area contributed by atoms with Crippen LogP contribution >= 0.6 is 0 Å². The van der Waals surface area contributed by atoms with E-state index < -0.39 is 0 Å². The van der Waals surface area contributed by atoms with Crippen molar-refractivity contribution in [2.24, 2.45) is 0 Å². The Bertz CT molecular complexity index is 1330. The van der Waals surface area contributed by atoms with Crippen LogP contribution in [-0.4, -0.2) is 22.6 Å². The minimum Gasteiger partial charge on any atom is -0.465 e. The van der Waals surface area contributed by atoms with Gasteiger partial charge in [-0.1, -0.05) is 36.4 Å². The van der Waals surface area contributed by atoms with Crippen molar-refractivity contribution in [2.75, 3.05) is 12.4 Å². The van der Waals surface area contributed by atoms with Crippen molar-refractivity contribution in [3.8, 4) is 0 Å². The Labute approximate surface area is 181 Å². The van der Waals surface area contributed by atoms with Gasteiger partial charge in [-0.25, -0.2) is 9.78 Å². The Balaban J connectivity index is 1.66. The summed E-state index contributed by atoms with van der Waals surface area (Å²) in [6, 6.07) is 22.1. The molecule has 1 aliphatic heterocycles. The zero-order valence-corrected chi connectivity index (χ0v) is 17.7. The highest BCUT2D eigenvalue weighted by molar-refractivity contribution is 5.89. The fourth-order valence-corrected chi connectivity index (χ4v) is 4.07. The summed E-state index contributed by atoms with van der Waals surface area (Å²) in [6.07, 6.45) is 2.22. The van der Waals surface area contributed by atoms with E-state index in [4.69, 9.17) is 9.72 Å². The topological polar surface area (TPSA) is 56.1 Å². The maximum atomic E-state index is 11.9. The molecular weight excluding hydrogens is 386 g/mol. The van der Waals surface area contributed by atoms with Crippen molar-refractivity contribution in [3.63, 3.8) is 0 Å². The molecule has 0 amide bonds. The SMILES string of the molecule is COC(=O)c1ccc(C2C=C(c3ccc(C)c(C)c3)Nc3nc4ccccc4n32)cc1. The van der Waals surface area contributed by atoms with Gasteiger partial charge in [0.15, 0.2) is 0 Å². The smallest absolute Gasteiger partial charge is 0.337 e. The van der Waals surface area contributed by atoms with Gasteiger partial charge in [-0.15, -0.1) is 0 Å². The molecule has 0 fully saturated rings. The zero-order chi connectivity index (χ0) is 21.5. The second-order valence-corrected chi connectivity index (χ2v) is 7.86. The lowest BCUT2D eigenvalue weighted by atomic mass is 9.98. The van der Waals surface area contributed by atoms with Gasteiger partial charge in [0, 0.05) is 5.70 Å². The van der Waals surface area contributed by atoms with Gasteiger partial charge in [-0.2, -0.15) is 0 Å². The highest BCUT2D eigenvalue weighted by Gasteiger charge is 2.25. The first-order valence-corrected chi connectivity index (χ1v) is 10.3. The maximum absolute atomic E-state index is 11.9. The van der Waals surface area contributed by atoms with Gasteiger partial charge in [0.1, 0.15) is 0 Å². The van der Waals surface area contributed by atoms with E-state index in [0.29, 0.717) is 5.56 Å². The number of benzene rings is 3. The number of allylic oxidation sites excluding steroid dienone is 1. The Morgan fingerprint density at radius 3 is 2.52 bits per heavy atom. The second-order valence-electron chi connectivity index (χ2n) is 7.86. The van der Waals surface area contributed by atoms with Gasteiger partial charge >= 0.3 is 5.97 Å². The number of carbonyl (C=O) groups excluding carboxylic acids is 1. The van der Waals surface area contributed by atoms with Crippen molar-refractivity contribution >= 4 is 28.6 Å². The maximum Gasteiger partial charge on any atom is 0.337 e. The zero-order valence-electron chi connectivity index (χ0n) is 17.7. The van der Waals surface area contributed by atoms with E-state index in [9.17, 15) is 4.79 Å². The molecule has 0 saturated heterocycles. The molecule has 31 heavy (non-hydrogen) atoms. The molecule has 1 aliphatic rings. The van der Waals surface area contributed by atoms with Crippen LogP contribution in [0.5, 0.6) is 0 Å². The normalized spacial score (nSPS) is 15.2. The number of methoxy groups -OCH3 is 1. The molecule has 154 valence electrons. The number of nitrogens with one attached hydrogen (secondary N) is 1. The molecule has 0 radical (unpaired) electrons. The predicted octanol–water partition coefficient (Wildman–Crippen LogP) is 5.50. The number of aryl methyl sites for hydroxylation is 2. The van der Waals surface area contributed by atoms with Crippen molar-refractivity contribution in [2.45, 2.75) is 19.9 Å². The number of imidazole rings is 1. The van der Waals surface area contributed by atoms with Gasteiger partial charge < -0.3 is 10.1 Å². The Morgan fingerprint density at radius 2 is 1.77 bits per heavy atom. The van der Waals surface area contributed by atoms with Crippen LogP contribution in [0, 0.1) is 13.8 Å². The van der Waals surface area contributed by atoms with E-state index >= 15 is 0 Å². The standard InChI is InChI=1S/C26H23N3O2/c1-16-8-9-20(14-17(16)2)22-15-24(18-10-12-19(13-11-18)25(30)31-3)29-23-7-5-4-6-21(23)27-26(29)28-22/h4-15,24H,1-3H3,(H,27,28). The number of hydrogen-bond acceptors (Lipinski definition) is 4.